The lowest BCUT2D eigenvalue weighted by Gasteiger charge is -2.40. The van der Waals surface area contributed by atoms with E-state index in [1.54, 1.807) is 47.5 Å². The molecule has 4 heterocycles. The number of halogens is 8. The number of hydrogen-bond donors (Lipinski definition) is 4. The van der Waals surface area contributed by atoms with Crippen LogP contribution in [0.5, 0.6) is 0 Å². The normalized spacial score (nSPS) is 26.0. The van der Waals surface area contributed by atoms with Crippen molar-refractivity contribution >= 4 is 56.0 Å². The van der Waals surface area contributed by atoms with Crippen molar-refractivity contribution in [3.63, 3.8) is 0 Å². The summed E-state index contributed by atoms with van der Waals surface area (Å²) >= 11 is 0. The summed E-state index contributed by atoms with van der Waals surface area (Å²) in [4.78, 5) is 84.2. The van der Waals surface area contributed by atoms with E-state index in [0.29, 0.717) is 100 Å². The largest absolute Gasteiger partial charge is 0.343 e. The molecule has 12 rings (SSSR count). The van der Waals surface area contributed by atoms with Crippen molar-refractivity contribution in [1.29, 1.82) is 0 Å². The molecule has 4 saturated carbocycles. The molecule has 8 fully saturated rings. The number of benzene rings is 4. The first-order valence-electron chi connectivity index (χ1n) is 41.7. The fraction of sp³-hybridized carbons (Fsp3) is 0.651. The molecule has 10 amide bonds. The van der Waals surface area contributed by atoms with Crippen molar-refractivity contribution < 1.29 is 80.7 Å². The van der Waals surface area contributed by atoms with Crippen LogP contribution in [0, 0.1) is 46.5 Å². The zero-order valence-electron chi connectivity index (χ0n) is 70.7. The van der Waals surface area contributed by atoms with Crippen LogP contribution in [-0.2, 0) is 51.3 Å². The van der Waals surface area contributed by atoms with Gasteiger partial charge in [-0.3, -0.25) is 9.59 Å². The number of urea groups is 4. The third kappa shape index (κ3) is 25.6. The molecule has 0 aromatic heterocycles. The predicted molar refractivity (Wildman–Crippen MR) is 438 cm³/mol. The maximum Gasteiger partial charge on any atom is 0.317 e. The minimum absolute atomic E-state index is 0.00660. The molecule has 0 radical (unpaired) electrons. The van der Waals surface area contributed by atoms with Crippen molar-refractivity contribution in [2.75, 3.05) is 93.1 Å². The van der Waals surface area contributed by atoms with Crippen LogP contribution in [0.3, 0.4) is 0 Å². The van der Waals surface area contributed by atoms with Gasteiger partial charge in [-0.1, -0.05) is 27.7 Å². The average molecular weight is 1700 g/mol. The molecule has 8 aliphatic rings. The van der Waals surface area contributed by atoms with Gasteiger partial charge in [0.1, 0.15) is 46.5 Å². The lowest BCUT2D eigenvalue weighted by molar-refractivity contribution is -0.131. The second-order valence-corrected chi connectivity index (χ2v) is 39.4. The van der Waals surface area contributed by atoms with E-state index in [-0.39, 0.29) is 106 Å². The smallest absolute Gasteiger partial charge is 0.317 e. The highest BCUT2D eigenvalue weighted by Gasteiger charge is 2.41. The molecular weight excluding hydrogens is 1580 g/mol. The molecule has 4 aliphatic heterocycles. The molecule has 22 nitrogen and oxygen atoms in total. The highest BCUT2D eigenvalue weighted by Crippen LogP contribution is 2.44. The monoisotopic (exact) mass is 1700 g/mol. The standard InChI is InChI=1S/2C22H31F2N3O2.2C21H31F2N3O3S/c2*1-15(28)27-10-6-20(7-11-27)26(3)21(29)25-19-4-8-22(2,9-5-19)16-12-17(23)14-18(24)13-16;2*1-21(15-12-16(22)14-17(23)13-15)8-4-18(5-9-21)24-20(27)25(2)19-6-10-26(11-7-19)30(3,28)29/h2*12-14,19-20H,4-11H2,1-3H3,(H,25,29);2*12-14,18-19H,4-11H2,1-3H3,(H,24,27). The first kappa shape index (κ1) is 94.0. The topological polar surface area (TPSA) is 245 Å². The molecule has 0 spiro atoms. The van der Waals surface area contributed by atoms with E-state index in [1.165, 1.54) is 69.7 Å². The van der Waals surface area contributed by atoms with Gasteiger partial charge in [-0.25, -0.2) is 79.7 Å². The van der Waals surface area contributed by atoms with Gasteiger partial charge in [0.2, 0.25) is 31.9 Å². The summed E-state index contributed by atoms with van der Waals surface area (Å²) in [7, 11) is 0.740. The zero-order chi connectivity index (χ0) is 86.6. The SMILES string of the molecule is CC(=O)N1CCC(N(C)C(=O)NC2CCC(C)(c3cc(F)cc(F)c3)CC2)CC1.CC(=O)N1CCC(N(C)C(=O)NC2CCC(C)(c3cc(F)cc(F)c3)CC2)CC1.CN(C(=O)NC1CCC(C)(c2cc(F)cc(F)c2)CC1)C1CCN(S(C)(=O)=O)CC1.CN(C(=O)NC1CCC(C)(c2cc(F)cc(F)c2)CC1)C1CCN(S(C)(=O)=O)CC1. The van der Waals surface area contributed by atoms with Crippen LogP contribution >= 0.6 is 0 Å². The van der Waals surface area contributed by atoms with Gasteiger partial charge in [0.25, 0.3) is 0 Å². The number of nitrogens with zero attached hydrogens (tertiary/aromatic N) is 8. The molecule has 4 N–H and O–H groups in total. The Balaban J connectivity index is 0.000000179. The molecular formula is C86H124F8N12O10S2. The summed E-state index contributed by atoms with van der Waals surface area (Å²) in [6.07, 6.45) is 20.1. The predicted octanol–water partition coefficient (Wildman–Crippen LogP) is 14.1. The van der Waals surface area contributed by atoms with Crippen molar-refractivity contribution in [3.8, 4) is 0 Å². The summed E-state index contributed by atoms with van der Waals surface area (Å²) in [5.41, 5.74) is 1.52. The summed E-state index contributed by atoms with van der Waals surface area (Å²) < 4.78 is 158. The Morgan fingerprint density at radius 1 is 0.305 bits per heavy atom. The van der Waals surface area contributed by atoms with Crippen LogP contribution in [0.15, 0.2) is 72.8 Å². The maximum absolute atomic E-state index is 13.6. The van der Waals surface area contributed by atoms with Gasteiger partial charge >= 0.3 is 24.1 Å². The fourth-order valence-corrected chi connectivity index (χ4v) is 20.1. The lowest BCUT2D eigenvalue weighted by atomic mass is 9.69. The van der Waals surface area contributed by atoms with E-state index in [4.69, 9.17) is 0 Å². The Morgan fingerprint density at radius 3 is 0.619 bits per heavy atom. The van der Waals surface area contributed by atoms with Crippen LogP contribution in [0.4, 0.5) is 54.3 Å². The van der Waals surface area contributed by atoms with Crippen LogP contribution in [0.25, 0.3) is 0 Å². The highest BCUT2D eigenvalue weighted by atomic mass is 32.2. The molecule has 118 heavy (non-hydrogen) atoms. The molecule has 0 unspecified atom stereocenters. The Kier molecular flexibility index (Phi) is 32.1. The van der Waals surface area contributed by atoms with Gasteiger partial charge in [0.05, 0.1) is 12.5 Å². The van der Waals surface area contributed by atoms with Crippen molar-refractivity contribution in [2.24, 2.45) is 0 Å². The van der Waals surface area contributed by atoms with Gasteiger partial charge in [-0.2, -0.15) is 0 Å². The molecule has 0 atom stereocenters. The van der Waals surface area contributed by atoms with Gasteiger partial charge in [-0.15, -0.1) is 0 Å². The lowest BCUT2D eigenvalue weighted by Crippen LogP contribution is -2.52. The third-order valence-corrected chi connectivity index (χ3v) is 29.6. The number of piperidine rings is 4. The quantitative estimate of drug-likeness (QED) is 0.0870. The molecule has 32 heteroatoms. The first-order valence-corrected chi connectivity index (χ1v) is 45.4. The Hall–Kier alpha value is -7.84. The Bertz CT molecular complexity index is 4000. The van der Waals surface area contributed by atoms with Crippen LogP contribution < -0.4 is 21.3 Å². The molecule has 4 saturated heterocycles. The van der Waals surface area contributed by atoms with Crippen LogP contribution in [0.2, 0.25) is 0 Å². The van der Waals surface area contributed by atoms with Crippen molar-refractivity contribution in [2.45, 2.75) is 266 Å². The Morgan fingerprint density at radius 2 is 0.466 bits per heavy atom. The number of nitrogens with one attached hydrogen (secondary N) is 4. The molecule has 4 aliphatic carbocycles. The van der Waals surface area contributed by atoms with Crippen LogP contribution in [0.1, 0.15) is 218 Å². The van der Waals surface area contributed by atoms with Gasteiger partial charge < -0.3 is 50.7 Å². The van der Waals surface area contributed by atoms with E-state index in [1.807, 2.05) is 51.6 Å². The number of likely N-dealkylation sites (tertiary alicyclic amines) is 2. The number of rotatable bonds is 14. The Labute approximate surface area is 692 Å². The summed E-state index contributed by atoms with van der Waals surface area (Å²) in [6, 6.07) is 14.8. The molecule has 4 aromatic carbocycles. The first-order chi connectivity index (χ1) is 55.3. The number of carbonyl (C=O) groups excluding carboxylic acids is 6. The third-order valence-electron chi connectivity index (χ3n) is 27.0. The van der Waals surface area contributed by atoms with Crippen LogP contribution in [-0.4, -0.2) is 232 Å². The molecule has 656 valence electrons. The second-order valence-electron chi connectivity index (χ2n) is 35.5. The van der Waals surface area contributed by atoms with Crippen molar-refractivity contribution in [3.05, 3.63) is 142 Å². The summed E-state index contributed by atoms with van der Waals surface area (Å²) in [5.74, 6) is -4.28. The fourth-order valence-electron chi connectivity index (χ4n) is 18.4. The minimum Gasteiger partial charge on any atom is -0.343 e. The molecule has 0 bridgehead atoms. The minimum atomic E-state index is -3.19. The van der Waals surface area contributed by atoms with E-state index in [9.17, 15) is 80.7 Å². The van der Waals surface area contributed by atoms with Gasteiger partial charge in [0.15, 0.2) is 0 Å². The van der Waals surface area contributed by atoms with E-state index in [0.717, 1.165) is 153 Å². The summed E-state index contributed by atoms with van der Waals surface area (Å²) in [5, 5.41) is 12.4. The van der Waals surface area contributed by atoms with E-state index >= 15 is 0 Å². The highest BCUT2D eigenvalue weighted by molar-refractivity contribution is 7.88. The number of amides is 10. The number of sulfonamides is 2. The van der Waals surface area contributed by atoms with E-state index in [2.05, 4.69) is 21.3 Å². The number of carbonyl (C=O) groups is 6. The zero-order valence-corrected chi connectivity index (χ0v) is 72.3. The average Bonchev–Trinajstić information content (AvgIpc) is 0.808. The van der Waals surface area contributed by atoms with Crippen molar-refractivity contribution in [1.82, 2.24) is 59.3 Å². The number of hydrogen-bond acceptors (Lipinski definition) is 10. The van der Waals surface area contributed by atoms with Gasteiger partial charge in [-0.05, 0) is 247 Å². The molecule has 4 aromatic rings. The maximum atomic E-state index is 13.6. The van der Waals surface area contributed by atoms with E-state index < -0.39 is 66.6 Å². The summed E-state index contributed by atoms with van der Waals surface area (Å²) in [6.45, 7) is 15.7. The van der Waals surface area contributed by atoms with Gasteiger partial charge in [0, 0.05) is 167 Å². The second kappa shape index (κ2) is 40.2.